The van der Waals surface area contributed by atoms with E-state index in [9.17, 15) is 9.59 Å². The van der Waals surface area contributed by atoms with Gasteiger partial charge in [-0.1, -0.05) is 79.0 Å². The lowest BCUT2D eigenvalue weighted by Gasteiger charge is -2.42. The van der Waals surface area contributed by atoms with Crippen LogP contribution in [-0.4, -0.2) is 29.3 Å². The monoisotopic (exact) mass is 513 g/mol. The van der Waals surface area contributed by atoms with Crippen LogP contribution in [0.25, 0.3) is 0 Å². The van der Waals surface area contributed by atoms with Gasteiger partial charge in [-0.05, 0) is 54.7 Å². The van der Waals surface area contributed by atoms with E-state index in [0.29, 0.717) is 10.6 Å². The van der Waals surface area contributed by atoms with E-state index in [1.807, 2.05) is 48.5 Å². The molecule has 2 heterocycles. The highest BCUT2D eigenvalue weighted by molar-refractivity contribution is 6.30. The number of hydrogen-bond donors (Lipinski definition) is 2. The Labute approximate surface area is 223 Å². The Balaban J connectivity index is 1.29. The molecule has 0 aromatic heterocycles. The summed E-state index contributed by atoms with van der Waals surface area (Å²) in [4.78, 5) is 29.3. The molecule has 0 bridgehead atoms. The van der Waals surface area contributed by atoms with Crippen molar-refractivity contribution in [1.29, 1.82) is 0 Å². The number of nitrogens with zero attached hydrogens (tertiary/aromatic N) is 1. The van der Waals surface area contributed by atoms with E-state index in [-0.39, 0.29) is 41.8 Å². The Morgan fingerprint density at radius 3 is 2.41 bits per heavy atom. The molecule has 190 valence electrons. The lowest BCUT2D eigenvalue weighted by molar-refractivity contribution is -0.138. The maximum atomic E-state index is 14.2. The third-order valence-corrected chi connectivity index (χ3v) is 8.63. The number of likely N-dealkylation sites (tertiary alicyclic amines) is 1. The molecule has 37 heavy (non-hydrogen) atoms. The second-order valence-corrected chi connectivity index (χ2v) is 11.0. The van der Waals surface area contributed by atoms with Gasteiger partial charge in [0.25, 0.3) is 5.91 Å². The van der Waals surface area contributed by atoms with Gasteiger partial charge in [-0.25, -0.2) is 0 Å². The summed E-state index contributed by atoms with van der Waals surface area (Å²) in [6.07, 6.45) is 4.60. The molecule has 1 saturated carbocycles. The Morgan fingerprint density at radius 2 is 1.62 bits per heavy atom. The third kappa shape index (κ3) is 4.61. The Bertz CT molecular complexity index is 1280. The van der Waals surface area contributed by atoms with Crippen LogP contribution in [-0.2, 0) is 4.79 Å². The first kappa shape index (κ1) is 24.1. The fraction of sp³-hybridized carbons (Fsp3) is 0.355. The molecule has 5 nitrogen and oxygen atoms in total. The van der Waals surface area contributed by atoms with Crippen LogP contribution in [0.2, 0.25) is 5.02 Å². The van der Waals surface area contributed by atoms with Crippen molar-refractivity contribution in [2.75, 3.05) is 11.9 Å². The number of amides is 2. The Morgan fingerprint density at radius 1 is 0.892 bits per heavy atom. The zero-order valence-corrected chi connectivity index (χ0v) is 21.5. The molecule has 2 fully saturated rings. The molecule has 2 aliphatic heterocycles. The smallest absolute Gasteiger partial charge is 0.251 e. The molecule has 1 aliphatic carbocycles. The van der Waals surface area contributed by atoms with Crippen molar-refractivity contribution in [2.45, 2.75) is 50.2 Å². The topological polar surface area (TPSA) is 61.4 Å². The molecule has 1 saturated heterocycles. The number of fused-ring (bicyclic) bond motifs is 3. The summed E-state index contributed by atoms with van der Waals surface area (Å²) in [5.74, 6) is 0.123. The number of carbonyl (C=O) groups excluding carboxylic acids is 2. The molecule has 3 aromatic carbocycles. The summed E-state index contributed by atoms with van der Waals surface area (Å²) >= 11 is 6.39. The Kier molecular flexibility index (Phi) is 6.64. The highest BCUT2D eigenvalue weighted by Crippen LogP contribution is 2.52. The number of hydrogen-bond acceptors (Lipinski definition) is 3. The number of halogens is 1. The van der Waals surface area contributed by atoms with Crippen LogP contribution in [0.5, 0.6) is 0 Å². The highest BCUT2D eigenvalue weighted by atomic mass is 35.5. The van der Waals surface area contributed by atoms with Crippen LogP contribution >= 0.6 is 11.6 Å². The van der Waals surface area contributed by atoms with E-state index < -0.39 is 0 Å². The van der Waals surface area contributed by atoms with E-state index in [0.717, 1.165) is 49.9 Å². The lowest BCUT2D eigenvalue weighted by Crippen LogP contribution is -2.50. The van der Waals surface area contributed by atoms with Crippen LogP contribution in [0.3, 0.4) is 0 Å². The molecule has 1 unspecified atom stereocenters. The van der Waals surface area contributed by atoms with Crippen LogP contribution in [0.1, 0.15) is 65.7 Å². The highest BCUT2D eigenvalue weighted by Gasteiger charge is 2.48. The molecule has 0 spiro atoms. The molecular formula is C31H32ClN3O2. The first-order valence-electron chi connectivity index (χ1n) is 13.4. The maximum absolute atomic E-state index is 14.2. The Hall–Kier alpha value is -3.31. The van der Waals surface area contributed by atoms with Gasteiger partial charge >= 0.3 is 0 Å². The van der Waals surface area contributed by atoms with Crippen LogP contribution < -0.4 is 10.6 Å². The average Bonchev–Trinajstić information content (AvgIpc) is 3.39. The fourth-order valence-corrected chi connectivity index (χ4v) is 6.81. The predicted octanol–water partition coefficient (Wildman–Crippen LogP) is 6.39. The lowest BCUT2D eigenvalue weighted by atomic mass is 9.79. The molecule has 2 N–H and O–H groups in total. The van der Waals surface area contributed by atoms with E-state index in [1.165, 1.54) is 5.56 Å². The largest absolute Gasteiger partial charge is 0.378 e. The number of benzene rings is 3. The third-order valence-electron chi connectivity index (χ3n) is 8.40. The summed E-state index contributed by atoms with van der Waals surface area (Å²) in [6, 6.07) is 25.7. The molecular weight excluding hydrogens is 482 g/mol. The van der Waals surface area contributed by atoms with Crippen molar-refractivity contribution in [1.82, 2.24) is 10.2 Å². The van der Waals surface area contributed by atoms with Gasteiger partial charge in [0.15, 0.2) is 0 Å². The van der Waals surface area contributed by atoms with Crippen molar-refractivity contribution in [2.24, 2.45) is 11.8 Å². The van der Waals surface area contributed by atoms with Crippen LogP contribution in [0.15, 0.2) is 78.9 Å². The molecule has 6 heteroatoms. The standard InChI is InChI=1S/C31H32ClN3O2/c32-22-15-16-23-27(19-22)33-28(20-9-3-1-4-10-20)25-17-18-35(29(23)25)31(37)24-13-7-8-14-26(24)34-30(36)21-11-5-2-6-12-21/h1-6,9-12,15-16,19,24-26,28-29,33H,7-8,13-14,17-18H2,(H,34,36)/t24?,25-,26-,28+,29+/m1/s1. The number of anilines is 1. The molecule has 6 rings (SSSR count). The molecule has 0 radical (unpaired) electrons. The molecule has 2 amide bonds. The summed E-state index contributed by atoms with van der Waals surface area (Å²) in [5.41, 5.74) is 3.99. The molecule has 3 aliphatic rings. The van der Waals surface area contributed by atoms with Gasteiger partial charge in [-0.3, -0.25) is 9.59 Å². The second-order valence-electron chi connectivity index (χ2n) is 10.5. The fourth-order valence-electron chi connectivity index (χ4n) is 6.64. The normalized spacial score (nSPS) is 26.5. The van der Waals surface area contributed by atoms with Crippen molar-refractivity contribution in [3.05, 3.63) is 101 Å². The maximum Gasteiger partial charge on any atom is 0.251 e. The van der Waals surface area contributed by atoms with Gasteiger partial charge in [-0.15, -0.1) is 0 Å². The quantitative estimate of drug-likeness (QED) is 0.425. The van der Waals surface area contributed by atoms with Gasteiger partial charge in [0.1, 0.15) is 0 Å². The predicted molar refractivity (Wildman–Crippen MR) is 146 cm³/mol. The van der Waals surface area contributed by atoms with Gasteiger partial charge in [0.05, 0.1) is 18.0 Å². The minimum absolute atomic E-state index is 0.0152. The number of nitrogens with one attached hydrogen (secondary N) is 2. The molecule has 3 aromatic rings. The summed E-state index contributed by atoms with van der Waals surface area (Å²) in [6.45, 7) is 0.719. The van der Waals surface area contributed by atoms with E-state index in [4.69, 9.17) is 11.6 Å². The zero-order chi connectivity index (χ0) is 25.4. The summed E-state index contributed by atoms with van der Waals surface area (Å²) in [5, 5.41) is 7.63. The second kappa shape index (κ2) is 10.2. The van der Waals surface area contributed by atoms with Gasteiger partial charge in [-0.2, -0.15) is 0 Å². The summed E-state index contributed by atoms with van der Waals surface area (Å²) < 4.78 is 0. The van der Waals surface area contributed by atoms with Crippen molar-refractivity contribution < 1.29 is 9.59 Å². The summed E-state index contributed by atoms with van der Waals surface area (Å²) in [7, 11) is 0. The van der Waals surface area contributed by atoms with Crippen LogP contribution in [0.4, 0.5) is 5.69 Å². The van der Waals surface area contributed by atoms with Crippen molar-refractivity contribution >= 4 is 29.1 Å². The van der Waals surface area contributed by atoms with Gasteiger partial charge < -0.3 is 15.5 Å². The van der Waals surface area contributed by atoms with Gasteiger partial charge in [0, 0.05) is 34.8 Å². The number of rotatable bonds is 4. The zero-order valence-electron chi connectivity index (χ0n) is 20.8. The van der Waals surface area contributed by atoms with E-state index in [2.05, 4.69) is 45.9 Å². The van der Waals surface area contributed by atoms with E-state index >= 15 is 0 Å². The van der Waals surface area contributed by atoms with Crippen LogP contribution in [0, 0.1) is 11.8 Å². The van der Waals surface area contributed by atoms with E-state index in [1.54, 1.807) is 0 Å². The minimum atomic E-state index is -0.207. The SMILES string of the molecule is O=C(N[C@@H]1CCCCC1C(=O)N1CC[C@@H]2[C@H](c3ccccc3)Nc3cc(Cl)ccc3[C@@H]21)c1ccccc1. The average molecular weight is 514 g/mol. The van der Waals surface area contributed by atoms with Crippen molar-refractivity contribution in [3.63, 3.8) is 0 Å². The molecule has 5 atom stereocenters. The number of carbonyl (C=O) groups is 2. The van der Waals surface area contributed by atoms with Crippen molar-refractivity contribution in [3.8, 4) is 0 Å². The first-order valence-corrected chi connectivity index (χ1v) is 13.8. The first-order chi connectivity index (χ1) is 18.1. The minimum Gasteiger partial charge on any atom is -0.378 e. The van der Waals surface area contributed by atoms with Gasteiger partial charge in [0.2, 0.25) is 5.91 Å².